The Balaban J connectivity index is 0.000000440. The van der Waals surface area contributed by atoms with E-state index in [4.69, 9.17) is 9.98 Å². The molecule has 4 rings (SSSR count). The summed E-state index contributed by atoms with van der Waals surface area (Å²) < 4.78 is 0. The van der Waals surface area contributed by atoms with Gasteiger partial charge < -0.3 is 15.1 Å². The van der Waals surface area contributed by atoms with Crippen LogP contribution in [0.2, 0.25) is 0 Å². The van der Waals surface area contributed by atoms with Gasteiger partial charge in [-0.05, 0) is 154 Å². The number of fused-ring (bicyclic) bond motifs is 1. The van der Waals surface area contributed by atoms with E-state index in [0.29, 0.717) is 0 Å². The Morgan fingerprint density at radius 3 is 1.45 bits per heavy atom. The third-order valence-electron chi connectivity index (χ3n) is 11.9. The summed E-state index contributed by atoms with van der Waals surface area (Å²) in [4.78, 5) is 12.8. The Hall–Kier alpha value is -4.12. The zero-order valence-corrected chi connectivity index (χ0v) is 39.6. The number of hydrogen-bond acceptors (Lipinski definition) is 5. The molecule has 0 aliphatic rings. The molecule has 0 spiro atoms. The number of aryl methyl sites for hydroxylation is 5. The molecule has 0 radical (unpaired) electrons. The van der Waals surface area contributed by atoms with Crippen LogP contribution in [0.5, 0.6) is 11.5 Å². The quantitative estimate of drug-likeness (QED) is 0.0377. The molecule has 0 aromatic heterocycles. The molecule has 0 saturated heterocycles. The lowest BCUT2D eigenvalue weighted by atomic mass is 9.97. The van der Waals surface area contributed by atoms with Gasteiger partial charge in [-0.15, -0.1) is 0 Å². The van der Waals surface area contributed by atoms with Gasteiger partial charge in [0.05, 0.1) is 22.8 Å². The second-order valence-corrected chi connectivity index (χ2v) is 16.8. The summed E-state index contributed by atoms with van der Waals surface area (Å²) in [7, 11) is 2.04. The predicted octanol–water partition coefficient (Wildman–Crippen LogP) is 16.3. The van der Waals surface area contributed by atoms with Gasteiger partial charge in [0.25, 0.3) is 0 Å². The van der Waals surface area contributed by atoms with E-state index in [2.05, 4.69) is 103 Å². The van der Waals surface area contributed by atoms with Gasteiger partial charge in [-0.3, -0.25) is 9.98 Å². The smallest absolute Gasteiger partial charge is 0.158 e. The van der Waals surface area contributed by atoms with Crippen molar-refractivity contribution in [2.45, 2.75) is 190 Å². The van der Waals surface area contributed by atoms with Gasteiger partial charge in [-0.25, -0.2) is 0 Å². The van der Waals surface area contributed by atoms with Crippen molar-refractivity contribution in [3.05, 3.63) is 88.5 Å². The molecule has 4 aromatic rings. The SMILES string of the molecule is CCCCCCCCC(=Nc1ccc(CCCC)c(CCCC)c1)C(CC)=Nc1ccc(CCCC)c(CCCC)c1.CCc1ccc2cc(O)c(O)cc2c1N(C)CC. The van der Waals surface area contributed by atoms with Gasteiger partial charge in [0.2, 0.25) is 0 Å². The fourth-order valence-corrected chi connectivity index (χ4v) is 8.06. The molecule has 60 heavy (non-hydrogen) atoms. The summed E-state index contributed by atoms with van der Waals surface area (Å²) >= 11 is 0. The minimum absolute atomic E-state index is 0.0680. The topological polar surface area (TPSA) is 68.4 Å². The largest absolute Gasteiger partial charge is 0.504 e. The summed E-state index contributed by atoms with van der Waals surface area (Å²) in [6.07, 6.45) is 25.3. The number of phenols is 2. The Morgan fingerprint density at radius 1 is 0.483 bits per heavy atom. The number of nitrogens with zero attached hydrogens (tertiary/aromatic N) is 3. The summed E-state index contributed by atoms with van der Waals surface area (Å²) in [5.74, 6) is -0.140. The van der Waals surface area contributed by atoms with Gasteiger partial charge in [-0.1, -0.05) is 131 Å². The Bertz CT molecular complexity index is 1910. The van der Waals surface area contributed by atoms with Crippen LogP contribution in [-0.2, 0) is 32.1 Å². The van der Waals surface area contributed by atoms with Gasteiger partial charge in [0.15, 0.2) is 11.5 Å². The Labute approximate surface area is 366 Å². The molecule has 330 valence electrons. The average Bonchev–Trinajstić information content (AvgIpc) is 3.26. The number of benzene rings is 4. The van der Waals surface area contributed by atoms with Crippen molar-refractivity contribution < 1.29 is 10.2 Å². The van der Waals surface area contributed by atoms with Crippen LogP contribution in [0.1, 0.15) is 186 Å². The lowest BCUT2D eigenvalue weighted by Crippen LogP contribution is -2.17. The molecular weight excluding hydrogens is 735 g/mol. The van der Waals surface area contributed by atoms with E-state index in [1.54, 1.807) is 12.1 Å². The lowest BCUT2D eigenvalue weighted by molar-refractivity contribution is 0.405. The second-order valence-electron chi connectivity index (χ2n) is 16.8. The highest BCUT2D eigenvalue weighted by Gasteiger charge is 2.14. The summed E-state index contributed by atoms with van der Waals surface area (Å²) in [5, 5.41) is 21.2. The highest BCUT2D eigenvalue weighted by atomic mass is 16.3. The van der Waals surface area contributed by atoms with Crippen molar-refractivity contribution in [2.24, 2.45) is 9.98 Å². The molecule has 0 unspecified atom stereocenters. The molecule has 0 bridgehead atoms. The molecule has 0 saturated carbocycles. The number of phenolic OH excluding ortho intramolecular Hbond substituents is 2. The van der Waals surface area contributed by atoms with Crippen LogP contribution in [0.3, 0.4) is 0 Å². The first kappa shape index (κ1) is 50.2. The molecule has 2 N–H and O–H groups in total. The zero-order chi connectivity index (χ0) is 43.7. The second kappa shape index (κ2) is 28.4. The van der Waals surface area contributed by atoms with Crippen LogP contribution in [0.25, 0.3) is 10.8 Å². The minimum Gasteiger partial charge on any atom is -0.504 e. The zero-order valence-electron chi connectivity index (χ0n) is 39.6. The van der Waals surface area contributed by atoms with Crippen molar-refractivity contribution in [3.8, 4) is 11.5 Å². The molecule has 0 fully saturated rings. The van der Waals surface area contributed by atoms with Crippen LogP contribution in [0.15, 0.2) is 70.6 Å². The number of unbranched alkanes of at least 4 members (excludes halogenated alkanes) is 9. The van der Waals surface area contributed by atoms with Crippen LogP contribution in [-0.4, -0.2) is 35.2 Å². The van der Waals surface area contributed by atoms with Crippen LogP contribution < -0.4 is 4.90 Å². The molecule has 5 nitrogen and oxygen atoms in total. The minimum atomic E-state index is -0.0724. The molecule has 0 atom stereocenters. The van der Waals surface area contributed by atoms with E-state index in [0.717, 1.165) is 72.2 Å². The maximum atomic E-state index is 9.69. The van der Waals surface area contributed by atoms with Crippen molar-refractivity contribution in [1.29, 1.82) is 0 Å². The molecule has 0 aliphatic heterocycles. The molecule has 4 aromatic carbocycles. The number of aromatic hydroxyl groups is 2. The Kier molecular flexibility index (Phi) is 23.8. The number of aliphatic imine (C=N–C) groups is 2. The van der Waals surface area contributed by atoms with E-state index in [-0.39, 0.29) is 11.5 Å². The van der Waals surface area contributed by atoms with Gasteiger partial charge >= 0.3 is 0 Å². The van der Waals surface area contributed by atoms with E-state index >= 15 is 0 Å². The number of hydrogen-bond donors (Lipinski definition) is 2. The maximum absolute atomic E-state index is 9.69. The summed E-state index contributed by atoms with van der Waals surface area (Å²) in [6, 6.07) is 21.3. The van der Waals surface area contributed by atoms with Crippen molar-refractivity contribution >= 4 is 39.3 Å². The summed E-state index contributed by atoms with van der Waals surface area (Å²) in [6.45, 7) is 18.8. The normalized spacial score (nSPS) is 11.9. The monoisotopic (exact) mass is 818 g/mol. The van der Waals surface area contributed by atoms with Crippen LogP contribution in [0.4, 0.5) is 17.1 Å². The molecular formula is C55H83N3O2. The first-order valence-electron chi connectivity index (χ1n) is 24.3. The highest BCUT2D eigenvalue weighted by Crippen LogP contribution is 2.37. The molecule has 0 aliphatic carbocycles. The molecule has 5 heteroatoms. The molecule has 0 amide bonds. The van der Waals surface area contributed by atoms with Crippen LogP contribution >= 0.6 is 0 Å². The van der Waals surface area contributed by atoms with Gasteiger partial charge in [0.1, 0.15) is 0 Å². The van der Waals surface area contributed by atoms with Crippen molar-refractivity contribution in [3.63, 3.8) is 0 Å². The average molecular weight is 818 g/mol. The Morgan fingerprint density at radius 2 is 0.950 bits per heavy atom. The van der Waals surface area contributed by atoms with E-state index < -0.39 is 0 Å². The van der Waals surface area contributed by atoms with E-state index in [1.807, 2.05) is 13.1 Å². The summed E-state index contributed by atoms with van der Waals surface area (Å²) in [5.41, 5.74) is 13.0. The van der Waals surface area contributed by atoms with Crippen LogP contribution in [0, 0.1) is 0 Å². The lowest BCUT2D eigenvalue weighted by Gasteiger charge is -2.23. The predicted molar refractivity (Wildman–Crippen MR) is 265 cm³/mol. The van der Waals surface area contributed by atoms with E-state index in [1.165, 1.54) is 136 Å². The van der Waals surface area contributed by atoms with Crippen molar-refractivity contribution in [1.82, 2.24) is 0 Å². The third kappa shape index (κ3) is 16.1. The van der Waals surface area contributed by atoms with Gasteiger partial charge in [0, 0.05) is 24.7 Å². The first-order valence-corrected chi connectivity index (χ1v) is 24.3. The van der Waals surface area contributed by atoms with Crippen molar-refractivity contribution in [2.75, 3.05) is 18.5 Å². The fraction of sp³-hybridized carbons (Fsp3) is 0.564. The molecule has 0 heterocycles. The third-order valence-corrected chi connectivity index (χ3v) is 11.9. The number of anilines is 1. The highest BCUT2D eigenvalue weighted by molar-refractivity contribution is 6.43. The fourth-order valence-electron chi connectivity index (χ4n) is 8.06. The van der Waals surface area contributed by atoms with Gasteiger partial charge in [-0.2, -0.15) is 0 Å². The first-order chi connectivity index (χ1) is 29.2. The van der Waals surface area contributed by atoms with E-state index in [9.17, 15) is 10.2 Å². The maximum Gasteiger partial charge on any atom is 0.158 e. The number of rotatable bonds is 26. The standard InChI is InChI=1S/C40H64N2.C15H19NO2/c1-7-13-18-19-20-21-26-40(42-38-30-28-34(23-15-9-3)36(32-38)25-17-11-5)39(12-6)41-37-29-27-33(22-14-8-2)35(31-37)24-16-10-4;1-4-10-6-7-11-8-13(17)14(18)9-12(11)15(10)16(3)5-2/h27-32H,7-26H2,1-6H3;6-9,17-18H,4-5H2,1-3H3.